The van der Waals surface area contributed by atoms with Crippen LogP contribution in [0.15, 0.2) is 218 Å². The van der Waals surface area contributed by atoms with Crippen molar-refractivity contribution in [2.75, 3.05) is 0 Å². The van der Waals surface area contributed by atoms with E-state index >= 15 is 0 Å². The van der Waals surface area contributed by atoms with E-state index in [1.54, 1.807) is 0 Å². The summed E-state index contributed by atoms with van der Waals surface area (Å²) in [5, 5.41) is 8.38. The second-order valence-electron chi connectivity index (χ2n) is 14.9. The Kier molecular flexibility index (Phi) is 8.19. The van der Waals surface area contributed by atoms with Crippen LogP contribution in [0.2, 0.25) is 0 Å². The summed E-state index contributed by atoms with van der Waals surface area (Å²) in [6, 6.07) is 78.2. The molecule has 58 heavy (non-hydrogen) atoms. The van der Waals surface area contributed by atoms with Gasteiger partial charge in [-0.25, -0.2) is 9.97 Å². The number of benzene rings is 9. The Hall–Kier alpha value is -7.68. The number of nitrogens with zero attached hydrogens (tertiary/aromatic N) is 2. The molecule has 0 unspecified atom stereocenters. The predicted octanol–water partition coefficient (Wildman–Crippen LogP) is 15.1. The maximum absolute atomic E-state index is 5.54. The van der Waals surface area contributed by atoms with Crippen LogP contribution < -0.4 is 0 Å². The van der Waals surface area contributed by atoms with E-state index in [9.17, 15) is 0 Å². The predicted molar refractivity (Wildman–Crippen MR) is 245 cm³/mol. The molecular formula is C56H36N2. The molecule has 0 saturated heterocycles. The molecule has 9 aromatic carbocycles. The van der Waals surface area contributed by atoms with E-state index in [-0.39, 0.29) is 0 Å². The molecule has 0 radical (unpaired) electrons. The van der Waals surface area contributed by atoms with Gasteiger partial charge >= 0.3 is 0 Å². The van der Waals surface area contributed by atoms with Crippen LogP contribution in [0.1, 0.15) is 0 Å². The van der Waals surface area contributed by atoms with Gasteiger partial charge in [-0.05, 0) is 84.6 Å². The molecule has 0 fully saturated rings. The molecule has 11 rings (SSSR count). The van der Waals surface area contributed by atoms with Gasteiger partial charge in [-0.3, -0.25) is 0 Å². The number of pyridine rings is 2. The third-order valence-electron chi connectivity index (χ3n) is 11.5. The van der Waals surface area contributed by atoms with Gasteiger partial charge in [0.25, 0.3) is 0 Å². The van der Waals surface area contributed by atoms with E-state index in [2.05, 4.69) is 206 Å². The summed E-state index contributed by atoms with van der Waals surface area (Å²) in [7, 11) is 0. The van der Waals surface area contributed by atoms with Crippen molar-refractivity contribution < 1.29 is 0 Å². The molecular weight excluding hydrogens is 701 g/mol. The molecule has 0 spiro atoms. The minimum atomic E-state index is 0.940. The summed E-state index contributed by atoms with van der Waals surface area (Å²) in [5.74, 6) is 0. The van der Waals surface area contributed by atoms with Gasteiger partial charge in [0.2, 0.25) is 0 Å². The van der Waals surface area contributed by atoms with Gasteiger partial charge < -0.3 is 0 Å². The van der Waals surface area contributed by atoms with Crippen molar-refractivity contribution in [3.05, 3.63) is 218 Å². The lowest BCUT2D eigenvalue weighted by Gasteiger charge is -2.17. The summed E-state index contributed by atoms with van der Waals surface area (Å²) in [6.07, 6.45) is 0. The first kappa shape index (κ1) is 33.6. The van der Waals surface area contributed by atoms with Gasteiger partial charge in [0.15, 0.2) is 0 Å². The maximum atomic E-state index is 5.54. The topological polar surface area (TPSA) is 25.8 Å². The van der Waals surface area contributed by atoms with E-state index < -0.39 is 0 Å². The lowest BCUT2D eigenvalue weighted by Crippen LogP contribution is -1.94. The summed E-state index contributed by atoms with van der Waals surface area (Å²) in [4.78, 5) is 10.6. The highest BCUT2D eigenvalue weighted by atomic mass is 14.7. The van der Waals surface area contributed by atoms with Gasteiger partial charge in [-0.1, -0.05) is 194 Å². The Labute approximate surface area is 337 Å². The number of aromatic nitrogens is 2. The third kappa shape index (κ3) is 5.91. The van der Waals surface area contributed by atoms with Crippen LogP contribution in [-0.2, 0) is 0 Å². The van der Waals surface area contributed by atoms with Crippen LogP contribution in [0.5, 0.6) is 0 Å². The number of rotatable bonds is 6. The summed E-state index contributed by atoms with van der Waals surface area (Å²) in [6.45, 7) is 0. The van der Waals surface area contributed by atoms with Crippen LogP contribution in [-0.4, -0.2) is 9.97 Å². The molecule has 0 bridgehead atoms. The molecule has 0 aliphatic rings. The highest BCUT2D eigenvalue weighted by Gasteiger charge is 2.18. The van der Waals surface area contributed by atoms with Crippen molar-refractivity contribution in [3.63, 3.8) is 0 Å². The van der Waals surface area contributed by atoms with Gasteiger partial charge in [0.1, 0.15) is 0 Å². The fourth-order valence-corrected chi connectivity index (χ4v) is 8.61. The molecule has 2 nitrogen and oxygen atoms in total. The summed E-state index contributed by atoms with van der Waals surface area (Å²) in [5.41, 5.74) is 14.1. The highest BCUT2D eigenvalue weighted by molar-refractivity contribution is 6.19. The normalized spacial score (nSPS) is 11.4. The first-order valence-corrected chi connectivity index (χ1v) is 19.8. The van der Waals surface area contributed by atoms with Crippen LogP contribution in [0.4, 0.5) is 0 Å². The minimum Gasteiger partial charge on any atom is -0.248 e. The lowest BCUT2D eigenvalue weighted by atomic mass is 9.88. The van der Waals surface area contributed by atoms with Crippen LogP contribution >= 0.6 is 0 Å². The van der Waals surface area contributed by atoms with Crippen molar-refractivity contribution in [1.29, 1.82) is 0 Å². The molecule has 270 valence electrons. The second kappa shape index (κ2) is 14.1. The smallest absolute Gasteiger partial charge is 0.0794 e. The Bertz CT molecular complexity index is 3250. The van der Waals surface area contributed by atoms with Crippen molar-refractivity contribution in [1.82, 2.24) is 9.97 Å². The van der Waals surface area contributed by atoms with Crippen molar-refractivity contribution >= 4 is 43.2 Å². The van der Waals surface area contributed by atoms with Crippen molar-refractivity contribution in [2.45, 2.75) is 0 Å². The van der Waals surface area contributed by atoms with Gasteiger partial charge in [0, 0.05) is 27.5 Å². The van der Waals surface area contributed by atoms with E-state index in [0.29, 0.717) is 0 Å². The average molecular weight is 737 g/mol. The molecule has 2 aromatic heterocycles. The SMILES string of the molecule is c1ccc(-c2cc(-c3ccc(-c4cc(-c5cccc6ccccc56)c5cc(-c6cccc7ccccc67)c6ccccc6c5n4)cc3)cc(-c3ccccc3)n2)cc1. The first-order valence-electron chi connectivity index (χ1n) is 19.8. The number of fused-ring (bicyclic) bond motifs is 5. The third-order valence-corrected chi connectivity index (χ3v) is 11.5. The van der Waals surface area contributed by atoms with Gasteiger partial charge in [-0.2, -0.15) is 0 Å². The fourth-order valence-electron chi connectivity index (χ4n) is 8.61. The van der Waals surface area contributed by atoms with Crippen molar-refractivity contribution in [3.8, 4) is 67.2 Å². The van der Waals surface area contributed by atoms with E-state index in [0.717, 1.165) is 61.2 Å². The summed E-state index contributed by atoms with van der Waals surface area (Å²) >= 11 is 0. The van der Waals surface area contributed by atoms with Crippen LogP contribution in [0.3, 0.4) is 0 Å². The Morgan fingerprint density at radius 1 is 0.224 bits per heavy atom. The van der Waals surface area contributed by atoms with Crippen LogP contribution in [0.25, 0.3) is 110 Å². The number of hydrogen-bond acceptors (Lipinski definition) is 2. The molecule has 2 heteroatoms. The molecule has 11 aromatic rings. The molecule has 0 aliphatic heterocycles. The lowest BCUT2D eigenvalue weighted by molar-refractivity contribution is 1.32. The minimum absolute atomic E-state index is 0.940. The van der Waals surface area contributed by atoms with Crippen molar-refractivity contribution in [2.24, 2.45) is 0 Å². The number of hydrogen-bond donors (Lipinski definition) is 0. The second-order valence-corrected chi connectivity index (χ2v) is 14.9. The molecule has 0 N–H and O–H groups in total. The Morgan fingerprint density at radius 2 is 0.655 bits per heavy atom. The zero-order valence-corrected chi connectivity index (χ0v) is 31.7. The average Bonchev–Trinajstić information content (AvgIpc) is 3.31. The zero-order chi connectivity index (χ0) is 38.4. The van der Waals surface area contributed by atoms with E-state index in [1.165, 1.54) is 49.2 Å². The van der Waals surface area contributed by atoms with E-state index in [1.807, 2.05) is 12.1 Å². The highest BCUT2D eigenvalue weighted by Crippen LogP contribution is 2.43. The summed E-state index contributed by atoms with van der Waals surface area (Å²) < 4.78 is 0. The molecule has 0 amide bonds. The molecule has 0 aliphatic carbocycles. The zero-order valence-electron chi connectivity index (χ0n) is 31.7. The maximum Gasteiger partial charge on any atom is 0.0794 e. The fraction of sp³-hybridized carbons (Fsp3) is 0. The Balaban J connectivity index is 1.12. The molecule has 2 heterocycles. The molecule has 0 saturated carbocycles. The standard InChI is InChI=1S/C56H36N2/c1-3-17-40(18-4-1)53-33-43(34-54(57-53)41-19-5-2-6-20-41)37-29-31-42(32-30-37)55-36-51(47-28-14-22-39-16-8-10-24-45(39)47)52-35-50(48-25-11-12-26-49(48)56(52)58-55)46-27-13-21-38-15-7-9-23-44(38)46/h1-36H. The van der Waals surface area contributed by atoms with Crippen LogP contribution in [0, 0.1) is 0 Å². The first-order chi connectivity index (χ1) is 28.7. The monoisotopic (exact) mass is 736 g/mol. The van der Waals surface area contributed by atoms with Gasteiger partial charge in [0.05, 0.1) is 22.6 Å². The van der Waals surface area contributed by atoms with E-state index in [4.69, 9.17) is 9.97 Å². The molecule has 0 atom stereocenters. The largest absolute Gasteiger partial charge is 0.248 e. The quantitative estimate of drug-likeness (QED) is 0.159. The Morgan fingerprint density at radius 3 is 1.24 bits per heavy atom. The van der Waals surface area contributed by atoms with Gasteiger partial charge in [-0.15, -0.1) is 0 Å².